The fraction of sp³-hybridized carbons (Fsp3) is 0.143. The maximum Gasteiger partial charge on any atom is 0.340 e. The molecule has 29 heavy (non-hydrogen) atoms. The Morgan fingerprint density at radius 3 is 2.52 bits per heavy atom. The highest BCUT2D eigenvalue weighted by molar-refractivity contribution is 6.08. The van der Waals surface area contributed by atoms with E-state index in [4.69, 9.17) is 9.26 Å². The van der Waals surface area contributed by atoms with Crippen LogP contribution in [-0.4, -0.2) is 29.5 Å². The van der Waals surface area contributed by atoms with Crippen LogP contribution in [0.4, 0.5) is 11.5 Å². The summed E-state index contributed by atoms with van der Waals surface area (Å²) in [4.78, 5) is 36.8. The van der Waals surface area contributed by atoms with E-state index < -0.39 is 18.5 Å². The summed E-state index contributed by atoms with van der Waals surface area (Å²) in [6.45, 7) is 3.06. The summed E-state index contributed by atoms with van der Waals surface area (Å²) < 4.78 is 9.90. The van der Waals surface area contributed by atoms with Crippen molar-refractivity contribution in [2.45, 2.75) is 13.8 Å². The van der Waals surface area contributed by atoms with Crippen molar-refractivity contribution in [3.05, 3.63) is 77.0 Å². The quantitative estimate of drug-likeness (QED) is 0.622. The zero-order chi connectivity index (χ0) is 20.8. The van der Waals surface area contributed by atoms with Gasteiger partial charge in [0.05, 0.1) is 11.3 Å². The summed E-state index contributed by atoms with van der Waals surface area (Å²) in [5.74, 6) is -0.886. The number of amides is 2. The fourth-order valence-corrected chi connectivity index (χ4v) is 2.56. The Morgan fingerprint density at radius 1 is 1.00 bits per heavy atom. The molecule has 0 aliphatic rings. The lowest BCUT2D eigenvalue weighted by molar-refractivity contribution is -0.119. The van der Waals surface area contributed by atoms with Crippen LogP contribution in [0.2, 0.25) is 0 Å². The number of aromatic nitrogens is 1. The van der Waals surface area contributed by atoms with Crippen LogP contribution in [0.15, 0.2) is 59.1 Å². The first-order valence-corrected chi connectivity index (χ1v) is 8.80. The van der Waals surface area contributed by atoms with Crippen molar-refractivity contribution in [2.24, 2.45) is 0 Å². The van der Waals surface area contributed by atoms with Gasteiger partial charge in [-0.1, -0.05) is 35.0 Å². The van der Waals surface area contributed by atoms with Crippen LogP contribution in [0.5, 0.6) is 0 Å². The smallest absolute Gasteiger partial charge is 0.340 e. The second-order valence-electron chi connectivity index (χ2n) is 6.32. The van der Waals surface area contributed by atoms with Gasteiger partial charge in [0.15, 0.2) is 12.4 Å². The van der Waals surface area contributed by atoms with E-state index in [0.29, 0.717) is 11.3 Å². The van der Waals surface area contributed by atoms with Gasteiger partial charge in [0.1, 0.15) is 5.76 Å². The number of carbonyl (C=O) groups is 3. The first-order chi connectivity index (χ1) is 13.9. The highest BCUT2D eigenvalue weighted by atomic mass is 16.5. The summed E-state index contributed by atoms with van der Waals surface area (Å²) in [7, 11) is 0. The molecule has 0 saturated carbocycles. The predicted molar refractivity (Wildman–Crippen MR) is 106 cm³/mol. The molecule has 0 bridgehead atoms. The fourth-order valence-electron chi connectivity index (χ4n) is 2.56. The van der Waals surface area contributed by atoms with Crippen molar-refractivity contribution in [1.29, 1.82) is 0 Å². The number of carbonyl (C=O) groups excluding carboxylic acids is 3. The zero-order valence-corrected chi connectivity index (χ0v) is 15.9. The molecule has 0 unspecified atom stereocenters. The lowest BCUT2D eigenvalue weighted by atomic mass is 10.1. The van der Waals surface area contributed by atoms with Crippen molar-refractivity contribution in [2.75, 3.05) is 17.2 Å². The number of nitrogens with one attached hydrogen (secondary N) is 2. The molecule has 0 aliphatic carbocycles. The lowest BCUT2D eigenvalue weighted by Crippen LogP contribution is -2.22. The molecule has 0 spiro atoms. The molecule has 1 heterocycles. The van der Waals surface area contributed by atoms with Gasteiger partial charge in [0, 0.05) is 11.6 Å². The standard InChI is InChI=1S/C21H19N3O5/c1-13-6-5-7-15(10-13)20(26)22-17-9-4-3-8-16(17)21(27)28-12-19(25)23-18-11-14(2)29-24-18/h3-11H,12H2,1-2H3,(H,22,26)(H,23,24,25). The number of hydrogen-bond donors (Lipinski definition) is 2. The average Bonchev–Trinajstić information content (AvgIpc) is 3.11. The number of aryl methyl sites for hydroxylation is 2. The third kappa shape index (κ3) is 5.29. The van der Waals surface area contributed by atoms with Gasteiger partial charge in [-0.15, -0.1) is 0 Å². The van der Waals surface area contributed by atoms with Gasteiger partial charge in [-0.3, -0.25) is 9.59 Å². The first-order valence-electron chi connectivity index (χ1n) is 8.80. The van der Waals surface area contributed by atoms with Crippen LogP contribution in [-0.2, 0) is 9.53 Å². The molecule has 148 valence electrons. The van der Waals surface area contributed by atoms with Crippen molar-refractivity contribution in [3.63, 3.8) is 0 Å². The van der Waals surface area contributed by atoms with Crippen LogP contribution in [0.25, 0.3) is 0 Å². The van der Waals surface area contributed by atoms with Crippen LogP contribution >= 0.6 is 0 Å². The Bertz CT molecular complexity index is 1060. The predicted octanol–water partition coefficient (Wildman–Crippen LogP) is 3.34. The molecule has 0 saturated heterocycles. The zero-order valence-electron chi connectivity index (χ0n) is 15.9. The molecule has 8 heteroatoms. The number of rotatable bonds is 6. The minimum Gasteiger partial charge on any atom is -0.452 e. The van der Waals surface area contributed by atoms with E-state index >= 15 is 0 Å². The molecular weight excluding hydrogens is 374 g/mol. The maximum absolute atomic E-state index is 12.5. The topological polar surface area (TPSA) is 111 Å². The van der Waals surface area contributed by atoms with Crippen LogP contribution < -0.4 is 10.6 Å². The number of esters is 1. The van der Waals surface area contributed by atoms with Crippen molar-refractivity contribution in [1.82, 2.24) is 5.16 Å². The van der Waals surface area contributed by atoms with E-state index in [1.807, 2.05) is 13.0 Å². The number of ether oxygens (including phenoxy) is 1. The largest absolute Gasteiger partial charge is 0.452 e. The van der Waals surface area contributed by atoms with Crippen LogP contribution in [0.1, 0.15) is 32.0 Å². The molecule has 0 aliphatic heterocycles. The van der Waals surface area contributed by atoms with Crippen molar-refractivity contribution < 1.29 is 23.6 Å². The SMILES string of the molecule is Cc1cccc(C(=O)Nc2ccccc2C(=O)OCC(=O)Nc2cc(C)on2)c1. The van der Waals surface area contributed by atoms with E-state index in [1.54, 1.807) is 43.3 Å². The third-order valence-electron chi connectivity index (χ3n) is 3.91. The second-order valence-corrected chi connectivity index (χ2v) is 6.32. The molecule has 1 aromatic heterocycles. The van der Waals surface area contributed by atoms with E-state index in [9.17, 15) is 14.4 Å². The molecule has 3 rings (SSSR count). The maximum atomic E-state index is 12.5. The minimum atomic E-state index is -0.739. The molecule has 2 amide bonds. The van der Waals surface area contributed by atoms with Gasteiger partial charge in [-0.25, -0.2) is 4.79 Å². The molecule has 2 N–H and O–H groups in total. The normalized spacial score (nSPS) is 10.3. The molecule has 3 aromatic rings. The second kappa shape index (κ2) is 8.83. The van der Waals surface area contributed by atoms with Gasteiger partial charge in [0.2, 0.25) is 0 Å². The van der Waals surface area contributed by atoms with Crippen molar-refractivity contribution in [3.8, 4) is 0 Å². The van der Waals surface area contributed by atoms with Crippen LogP contribution in [0, 0.1) is 13.8 Å². The van der Waals surface area contributed by atoms with Crippen LogP contribution in [0.3, 0.4) is 0 Å². The Labute approximate surface area is 166 Å². The number of hydrogen-bond acceptors (Lipinski definition) is 6. The number of anilines is 2. The molecule has 2 aromatic carbocycles. The summed E-state index contributed by atoms with van der Waals surface area (Å²) >= 11 is 0. The van der Waals surface area contributed by atoms with E-state index in [-0.39, 0.29) is 23.0 Å². The van der Waals surface area contributed by atoms with Gasteiger partial charge in [0.25, 0.3) is 11.8 Å². The number of para-hydroxylation sites is 1. The Kier molecular flexibility index (Phi) is 6.03. The molecule has 0 radical (unpaired) electrons. The summed E-state index contributed by atoms with van der Waals surface area (Å²) in [5, 5.41) is 8.78. The minimum absolute atomic E-state index is 0.138. The molecule has 8 nitrogen and oxygen atoms in total. The third-order valence-corrected chi connectivity index (χ3v) is 3.91. The monoisotopic (exact) mass is 393 g/mol. The Balaban J connectivity index is 1.63. The molecule has 0 atom stereocenters. The van der Waals surface area contributed by atoms with Gasteiger partial charge < -0.3 is 19.9 Å². The molecule has 0 fully saturated rings. The number of nitrogens with zero attached hydrogens (tertiary/aromatic N) is 1. The van der Waals surface area contributed by atoms with Gasteiger partial charge in [-0.05, 0) is 38.1 Å². The first kappa shape index (κ1) is 19.8. The highest BCUT2D eigenvalue weighted by Crippen LogP contribution is 2.18. The van der Waals surface area contributed by atoms with Gasteiger partial charge in [-0.2, -0.15) is 0 Å². The highest BCUT2D eigenvalue weighted by Gasteiger charge is 2.17. The lowest BCUT2D eigenvalue weighted by Gasteiger charge is -2.11. The summed E-state index contributed by atoms with van der Waals surface area (Å²) in [6.07, 6.45) is 0. The van der Waals surface area contributed by atoms with E-state index in [1.165, 1.54) is 12.1 Å². The van der Waals surface area contributed by atoms with Crippen molar-refractivity contribution >= 4 is 29.3 Å². The Hall–Kier alpha value is -3.94. The summed E-state index contributed by atoms with van der Waals surface area (Å²) in [5.41, 5.74) is 1.84. The van der Waals surface area contributed by atoms with Gasteiger partial charge >= 0.3 is 5.97 Å². The van der Waals surface area contributed by atoms with E-state index in [2.05, 4.69) is 15.8 Å². The number of benzene rings is 2. The summed E-state index contributed by atoms with van der Waals surface area (Å²) in [6, 6.07) is 15.0. The average molecular weight is 393 g/mol. The Morgan fingerprint density at radius 2 is 1.79 bits per heavy atom. The van der Waals surface area contributed by atoms with E-state index in [0.717, 1.165) is 5.56 Å². The molecular formula is C21H19N3O5.